The fourth-order valence-electron chi connectivity index (χ4n) is 2.04. The Morgan fingerprint density at radius 2 is 1.72 bits per heavy atom. The molecule has 1 aromatic rings. The quantitative estimate of drug-likeness (QED) is 0.740. The Balaban J connectivity index is 2.52. The number of hydrogen-bond donors (Lipinski definition) is 2. The zero-order chi connectivity index (χ0) is 19.0. The largest absolute Gasteiger partial charge is 0.454 e. The van der Waals surface area contributed by atoms with Gasteiger partial charge in [-0.15, -0.1) is 0 Å². The summed E-state index contributed by atoms with van der Waals surface area (Å²) >= 11 is 0. The summed E-state index contributed by atoms with van der Waals surface area (Å²) in [6.07, 6.45) is 0.806. The van der Waals surface area contributed by atoms with Crippen LogP contribution in [0.4, 0.5) is 0 Å². The highest BCUT2D eigenvalue weighted by Gasteiger charge is 2.20. The number of benzene rings is 1. The summed E-state index contributed by atoms with van der Waals surface area (Å²) in [5.74, 6) is -1.36. The van der Waals surface area contributed by atoms with E-state index in [1.165, 1.54) is 6.92 Å². The molecule has 0 saturated heterocycles. The van der Waals surface area contributed by atoms with Crippen molar-refractivity contribution in [1.29, 1.82) is 0 Å². The Morgan fingerprint density at radius 1 is 1.12 bits per heavy atom. The van der Waals surface area contributed by atoms with Crippen LogP contribution in [0.5, 0.6) is 0 Å². The summed E-state index contributed by atoms with van der Waals surface area (Å²) in [5.41, 5.74) is 1.59. The highest BCUT2D eigenvalue weighted by Crippen LogP contribution is 2.22. The summed E-state index contributed by atoms with van der Waals surface area (Å²) in [5, 5.41) is 5.18. The SMILES string of the molecule is CCCNC(=O)COC(=O)[C@H](C)NC(=O)c1ccc(C(C)(C)C)cc1. The number of amides is 2. The van der Waals surface area contributed by atoms with Crippen molar-refractivity contribution in [2.75, 3.05) is 13.2 Å². The lowest BCUT2D eigenvalue weighted by Crippen LogP contribution is -2.41. The molecular formula is C19H28N2O4. The van der Waals surface area contributed by atoms with Crippen LogP contribution in [0.2, 0.25) is 0 Å². The van der Waals surface area contributed by atoms with Crippen LogP contribution in [0, 0.1) is 0 Å². The van der Waals surface area contributed by atoms with Crippen LogP contribution in [0.1, 0.15) is 57.0 Å². The van der Waals surface area contributed by atoms with Crippen molar-refractivity contribution in [1.82, 2.24) is 10.6 Å². The molecule has 2 amide bonds. The molecule has 0 fully saturated rings. The van der Waals surface area contributed by atoms with Crippen molar-refractivity contribution in [2.45, 2.75) is 52.5 Å². The maximum atomic E-state index is 12.2. The van der Waals surface area contributed by atoms with Gasteiger partial charge in [0, 0.05) is 12.1 Å². The predicted octanol–water partition coefficient (Wildman–Crippen LogP) is 2.17. The fourth-order valence-corrected chi connectivity index (χ4v) is 2.04. The normalized spacial score (nSPS) is 12.2. The van der Waals surface area contributed by atoms with E-state index in [9.17, 15) is 14.4 Å². The summed E-state index contributed by atoms with van der Waals surface area (Å²) in [6.45, 7) is 9.92. The van der Waals surface area contributed by atoms with E-state index in [0.717, 1.165) is 12.0 Å². The minimum Gasteiger partial charge on any atom is -0.454 e. The fraction of sp³-hybridized carbons (Fsp3) is 0.526. The van der Waals surface area contributed by atoms with Gasteiger partial charge in [-0.3, -0.25) is 9.59 Å². The molecule has 0 spiro atoms. The van der Waals surface area contributed by atoms with Crippen molar-refractivity contribution < 1.29 is 19.1 Å². The van der Waals surface area contributed by atoms with Gasteiger partial charge in [-0.25, -0.2) is 4.79 Å². The molecule has 1 atom stereocenters. The van der Waals surface area contributed by atoms with Gasteiger partial charge in [0.2, 0.25) is 0 Å². The van der Waals surface area contributed by atoms with Crippen LogP contribution in [0.25, 0.3) is 0 Å². The topological polar surface area (TPSA) is 84.5 Å². The van der Waals surface area contributed by atoms with Crippen molar-refractivity contribution in [2.24, 2.45) is 0 Å². The number of carbonyl (C=O) groups is 3. The number of hydrogen-bond acceptors (Lipinski definition) is 4. The zero-order valence-electron chi connectivity index (χ0n) is 15.6. The van der Waals surface area contributed by atoms with E-state index in [4.69, 9.17) is 4.74 Å². The molecule has 0 aromatic heterocycles. The highest BCUT2D eigenvalue weighted by atomic mass is 16.5. The summed E-state index contributed by atoms with van der Waals surface area (Å²) in [7, 11) is 0. The number of carbonyl (C=O) groups excluding carboxylic acids is 3. The molecule has 0 radical (unpaired) electrons. The molecule has 0 heterocycles. The van der Waals surface area contributed by atoms with Crippen molar-refractivity contribution >= 4 is 17.8 Å². The maximum Gasteiger partial charge on any atom is 0.328 e. The first-order valence-corrected chi connectivity index (χ1v) is 8.50. The maximum absolute atomic E-state index is 12.2. The first-order chi connectivity index (χ1) is 11.6. The van der Waals surface area contributed by atoms with E-state index in [1.54, 1.807) is 12.1 Å². The average Bonchev–Trinajstić information content (AvgIpc) is 2.56. The van der Waals surface area contributed by atoms with Gasteiger partial charge in [0.05, 0.1) is 0 Å². The first-order valence-electron chi connectivity index (χ1n) is 8.50. The Bertz CT molecular complexity index is 603. The number of esters is 1. The van der Waals surface area contributed by atoms with Crippen molar-refractivity contribution in [3.05, 3.63) is 35.4 Å². The zero-order valence-corrected chi connectivity index (χ0v) is 15.6. The van der Waals surface area contributed by atoms with E-state index < -0.39 is 12.0 Å². The molecule has 138 valence electrons. The van der Waals surface area contributed by atoms with Gasteiger partial charge in [0.25, 0.3) is 11.8 Å². The summed E-state index contributed by atoms with van der Waals surface area (Å²) in [4.78, 5) is 35.5. The Labute approximate surface area is 149 Å². The number of rotatable bonds is 7. The van der Waals surface area contributed by atoms with E-state index in [1.807, 2.05) is 19.1 Å². The predicted molar refractivity (Wildman–Crippen MR) is 96.3 cm³/mol. The van der Waals surface area contributed by atoms with E-state index >= 15 is 0 Å². The van der Waals surface area contributed by atoms with Crippen molar-refractivity contribution in [3.63, 3.8) is 0 Å². The molecule has 1 aromatic carbocycles. The lowest BCUT2D eigenvalue weighted by atomic mass is 9.86. The second kappa shape index (κ2) is 9.20. The number of ether oxygens (including phenoxy) is 1. The molecule has 0 bridgehead atoms. The molecule has 0 unspecified atom stereocenters. The van der Waals surface area contributed by atoms with Crippen molar-refractivity contribution in [3.8, 4) is 0 Å². The van der Waals surface area contributed by atoms with E-state index in [-0.39, 0.29) is 23.8 Å². The second-order valence-electron chi connectivity index (χ2n) is 6.98. The molecule has 0 saturated carbocycles. The van der Waals surface area contributed by atoms with Gasteiger partial charge in [-0.1, -0.05) is 39.8 Å². The molecule has 1 rings (SSSR count). The van der Waals surface area contributed by atoms with E-state index in [2.05, 4.69) is 31.4 Å². The lowest BCUT2D eigenvalue weighted by molar-refractivity contribution is -0.150. The Hall–Kier alpha value is -2.37. The molecule has 25 heavy (non-hydrogen) atoms. The van der Waals surface area contributed by atoms with Gasteiger partial charge in [0.1, 0.15) is 6.04 Å². The smallest absolute Gasteiger partial charge is 0.328 e. The van der Waals surface area contributed by atoms with Gasteiger partial charge in [0.15, 0.2) is 6.61 Å². The third kappa shape index (κ3) is 6.95. The van der Waals surface area contributed by atoms with Gasteiger partial charge < -0.3 is 15.4 Å². The monoisotopic (exact) mass is 348 g/mol. The Kier molecular flexibility index (Phi) is 7.61. The van der Waals surface area contributed by atoms with Crippen LogP contribution in [-0.4, -0.2) is 37.0 Å². The molecule has 6 nitrogen and oxygen atoms in total. The standard InChI is InChI=1S/C19H28N2O4/c1-6-11-20-16(22)12-25-18(24)13(2)21-17(23)14-7-9-15(10-8-14)19(3,4)5/h7-10,13H,6,11-12H2,1-5H3,(H,20,22)(H,21,23)/t13-/m0/s1. The molecule has 2 N–H and O–H groups in total. The van der Waals surface area contributed by atoms with Crippen LogP contribution in [0.3, 0.4) is 0 Å². The second-order valence-corrected chi connectivity index (χ2v) is 6.98. The van der Waals surface area contributed by atoms with Gasteiger partial charge in [-0.2, -0.15) is 0 Å². The molecular weight excluding hydrogens is 320 g/mol. The highest BCUT2D eigenvalue weighted by molar-refractivity contribution is 5.96. The molecule has 0 aliphatic carbocycles. The third-order valence-corrected chi connectivity index (χ3v) is 3.63. The van der Waals surface area contributed by atoms with Crippen LogP contribution in [0.15, 0.2) is 24.3 Å². The lowest BCUT2D eigenvalue weighted by Gasteiger charge is -2.19. The summed E-state index contributed by atoms with van der Waals surface area (Å²) in [6, 6.07) is 6.42. The average molecular weight is 348 g/mol. The minimum absolute atomic E-state index is 0.00442. The van der Waals surface area contributed by atoms with Gasteiger partial charge >= 0.3 is 5.97 Å². The first kappa shape index (κ1) is 20.7. The van der Waals surface area contributed by atoms with Gasteiger partial charge in [-0.05, 0) is 36.5 Å². The van der Waals surface area contributed by atoms with Crippen LogP contribution in [-0.2, 0) is 19.7 Å². The van der Waals surface area contributed by atoms with Crippen LogP contribution >= 0.6 is 0 Å². The third-order valence-electron chi connectivity index (χ3n) is 3.63. The summed E-state index contributed by atoms with van der Waals surface area (Å²) < 4.78 is 4.90. The number of nitrogens with one attached hydrogen (secondary N) is 2. The Morgan fingerprint density at radius 3 is 2.24 bits per heavy atom. The van der Waals surface area contributed by atoms with E-state index in [0.29, 0.717) is 12.1 Å². The molecule has 6 heteroatoms. The minimum atomic E-state index is -0.839. The molecule has 0 aliphatic rings. The van der Waals surface area contributed by atoms with Crippen LogP contribution < -0.4 is 10.6 Å². The molecule has 0 aliphatic heterocycles.